The smallest absolute Gasteiger partial charge is 0.418 e. The van der Waals surface area contributed by atoms with E-state index in [1.807, 2.05) is 42.6 Å². The van der Waals surface area contributed by atoms with Crippen LogP contribution in [0.1, 0.15) is 11.1 Å². The van der Waals surface area contributed by atoms with Crippen molar-refractivity contribution in [3.63, 3.8) is 0 Å². The second-order valence-corrected chi connectivity index (χ2v) is 4.99. The maximum Gasteiger partial charge on any atom is 0.673 e. The molecular formula is C17H13BF4N3-. The molecule has 1 aliphatic rings. The molecule has 0 saturated carbocycles. The van der Waals surface area contributed by atoms with E-state index in [4.69, 9.17) is 5.26 Å². The molecule has 1 aliphatic heterocycles. The van der Waals surface area contributed by atoms with Gasteiger partial charge < -0.3 is 22.2 Å². The molecule has 3 nitrogen and oxygen atoms in total. The van der Waals surface area contributed by atoms with Gasteiger partial charge in [0, 0.05) is 25.1 Å². The van der Waals surface area contributed by atoms with Crippen LogP contribution < -0.4 is 4.90 Å². The number of allylic oxidation sites excluding steroid dienone is 2. The zero-order valence-corrected chi connectivity index (χ0v) is 13.0. The molecule has 0 bridgehead atoms. The molecule has 8 heteroatoms. The maximum atomic E-state index is 9.75. The van der Waals surface area contributed by atoms with Crippen molar-refractivity contribution in [1.82, 2.24) is 4.98 Å². The van der Waals surface area contributed by atoms with Crippen LogP contribution in [0.3, 0.4) is 0 Å². The lowest BCUT2D eigenvalue weighted by atomic mass is 10.0. The summed E-state index contributed by atoms with van der Waals surface area (Å²) in [7, 11) is -6.00. The van der Waals surface area contributed by atoms with E-state index in [0.29, 0.717) is 5.56 Å². The summed E-state index contributed by atoms with van der Waals surface area (Å²) in [4.78, 5) is 6.10. The highest BCUT2D eigenvalue weighted by Gasteiger charge is 2.20. The second-order valence-electron chi connectivity index (χ2n) is 4.99. The van der Waals surface area contributed by atoms with Crippen molar-refractivity contribution in [2.45, 2.75) is 0 Å². The van der Waals surface area contributed by atoms with Gasteiger partial charge in [-0.05, 0) is 41.5 Å². The number of benzene rings is 1. The zero-order valence-electron chi connectivity index (χ0n) is 13.0. The van der Waals surface area contributed by atoms with Crippen LogP contribution in [0, 0.1) is 11.3 Å². The molecule has 2 aromatic rings. The predicted molar refractivity (Wildman–Crippen MR) is 90.0 cm³/mol. The highest BCUT2D eigenvalue weighted by molar-refractivity contribution is 6.50. The Morgan fingerprint density at radius 1 is 1.04 bits per heavy atom. The summed E-state index contributed by atoms with van der Waals surface area (Å²) < 4.78 is 39.0. The van der Waals surface area contributed by atoms with E-state index in [-0.39, 0.29) is 0 Å². The third-order valence-corrected chi connectivity index (χ3v) is 3.29. The summed E-state index contributed by atoms with van der Waals surface area (Å²) in [5, 5.41) is 9.16. The molecule has 0 spiro atoms. The number of nitrogens with zero attached hydrogens (tertiary/aromatic N) is 3. The largest absolute Gasteiger partial charge is 0.673 e. The molecule has 0 N–H and O–H groups in total. The third-order valence-electron chi connectivity index (χ3n) is 3.29. The van der Waals surface area contributed by atoms with Crippen molar-refractivity contribution in [3.8, 4) is 6.07 Å². The van der Waals surface area contributed by atoms with Crippen LogP contribution in [0.15, 0.2) is 67.1 Å². The topological polar surface area (TPSA) is 39.9 Å². The lowest BCUT2D eigenvalue weighted by Crippen LogP contribution is -2.19. The summed E-state index contributed by atoms with van der Waals surface area (Å²) in [6, 6.07) is 13.9. The number of hydrogen-bond acceptors (Lipinski definition) is 3. The van der Waals surface area contributed by atoms with Crippen molar-refractivity contribution in [2.24, 2.45) is 0 Å². The molecule has 0 fully saturated rings. The minimum Gasteiger partial charge on any atom is -0.418 e. The van der Waals surface area contributed by atoms with Crippen LogP contribution in [-0.4, -0.2) is 18.8 Å². The van der Waals surface area contributed by atoms with E-state index >= 15 is 0 Å². The Morgan fingerprint density at radius 3 is 2.24 bits per heavy atom. The van der Waals surface area contributed by atoms with Crippen molar-refractivity contribution >= 4 is 18.5 Å². The van der Waals surface area contributed by atoms with E-state index < -0.39 is 7.25 Å². The van der Waals surface area contributed by atoms with Crippen molar-refractivity contribution in [3.05, 3.63) is 78.3 Å². The molecule has 25 heavy (non-hydrogen) atoms. The Balaban J connectivity index is 0.000000399. The van der Waals surface area contributed by atoms with Gasteiger partial charge in [-0.15, -0.1) is 0 Å². The average molecular weight is 346 g/mol. The minimum atomic E-state index is -6.00. The quantitative estimate of drug-likeness (QED) is 0.586. The SMILES string of the molecule is F[B-](F)(F)F.N#Cc1ccccc1N1C=CC(c2ccncc2)=CC1. The standard InChI is InChI=1S/C17H13N3.BF4/c18-13-16-3-1-2-4-17(16)20-11-7-15(8-12-20)14-5-9-19-10-6-14;2-1(3,4)5/h1-11H,12H2;/q;-1. The highest BCUT2D eigenvalue weighted by Crippen LogP contribution is 2.25. The number of hydrogen-bond donors (Lipinski definition) is 0. The number of nitriles is 1. The van der Waals surface area contributed by atoms with Gasteiger partial charge >= 0.3 is 7.25 Å². The highest BCUT2D eigenvalue weighted by atomic mass is 19.5. The van der Waals surface area contributed by atoms with Crippen LogP contribution in [0.25, 0.3) is 5.57 Å². The molecule has 2 heterocycles. The molecule has 0 radical (unpaired) electrons. The Hall–Kier alpha value is -3.08. The van der Waals surface area contributed by atoms with E-state index in [1.165, 1.54) is 5.57 Å². The van der Waals surface area contributed by atoms with Crippen LogP contribution in [0.2, 0.25) is 0 Å². The van der Waals surface area contributed by atoms with Gasteiger partial charge in [-0.25, -0.2) is 0 Å². The molecule has 0 atom stereocenters. The van der Waals surface area contributed by atoms with E-state index in [9.17, 15) is 17.3 Å². The van der Waals surface area contributed by atoms with Crippen molar-refractivity contribution in [2.75, 3.05) is 11.4 Å². The summed E-state index contributed by atoms with van der Waals surface area (Å²) in [5.74, 6) is 0. The number of aromatic nitrogens is 1. The van der Waals surface area contributed by atoms with Gasteiger partial charge in [-0.1, -0.05) is 18.2 Å². The lowest BCUT2D eigenvalue weighted by Gasteiger charge is -2.23. The fraction of sp³-hybridized carbons (Fsp3) is 0.0588. The Labute approximate surface area is 142 Å². The van der Waals surface area contributed by atoms with Crippen LogP contribution >= 0.6 is 0 Å². The number of halogens is 4. The first-order chi connectivity index (χ1) is 11.9. The van der Waals surface area contributed by atoms with Crippen LogP contribution in [0.5, 0.6) is 0 Å². The maximum absolute atomic E-state index is 9.75. The molecule has 1 aromatic heterocycles. The summed E-state index contributed by atoms with van der Waals surface area (Å²) >= 11 is 0. The molecule has 0 aliphatic carbocycles. The average Bonchev–Trinajstić information content (AvgIpc) is 2.61. The van der Waals surface area contributed by atoms with Gasteiger partial charge in [0.25, 0.3) is 0 Å². The van der Waals surface area contributed by atoms with Crippen molar-refractivity contribution in [1.29, 1.82) is 5.26 Å². The summed E-state index contributed by atoms with van der Waals surface area (Å²) in [6.45, 7) is 0.757. The van der Waals surface area contributed by atoms with E-state index in [2.05, 4.69) is 28.1 Å². The number of anilines is 1. The number of rotatable bonds is 2. The van der Waals surface area contributed by atoms with Gasteiger partial charge in [0.1, 0.15) is 6.07 Å². The molecule has 3 rings (SSSR count). The van der Waals surface area contributed by atoms with Gasteiger partial charge in [0.15, 0.2) is 0 Å². The first-order valence-corrected chi connectivity index (χ1v) is 7.30. The molecule has 0 unspecified atom stereocenters. The summed E-state index contributed by atoms with van der Waals surface area (Å²) in [5.41, 5.74) is 3.97. The van der Waals surface area contributed by atoms with E-state index in [1.54, 1.807) is 12.4 Å². The molecule has 0 saturated heterocycles. The third kappa shape index (κ3) is 5.81. The minimum absolute atomic E-state index is 0.693. The first kappa shape index (κ1) is 18.3. The van der Waals surface area contributed by atoms with Crippen LogP contribution in [0.4, 0.5) is 23.0 Å². The zero-order chi connectivity index (χ0) is 18.3. The summed E-state index contributed by atoms with van der Waals surface area (Å²) in [6.07, 6.45) is 9.82. The number of para-hydroxylation sites is 1. The van der Waals surface area contributed by atoms with Gasteiger partial charge in [-0.2, -0.15) is 5.26 Å². The number of pyridine rings is 1. The Morgan fingerprint density at radius 2 is 1.68 bits per heavy atom. The molecule has 0 amide bonds. The molecule has 128 valence electrons. The lowest BCUT2D eigenvalue weighted by molar-refractivity contribution is 0.368. The van der Waals surface area contributed by atoms with Crippen molar-refractivity contribution < 1.29 is 17.3 Å². The monoisotopic (exact) mass is 346 g/mol. The predicted octanol–water partition coefficient (Wildman–Crippen LogP) is 4.67. The fourth-order valence-electron chi connectivity index (χ4n) is 2.25. The Kier molecular flexibility index (Phi) is 5.96. The Bertz CT molecular complexity index is 805. The van der Waals surface area contributed by atoms with Gasteiger partial charge in [-0.3, -0.25) is 4.98 Å². The molecular weight excluding hydrogens is 333 g/mol. The normalized spacial score (nSPS) is 13.4. The van der Waals surface area contributed by atoms with Gasteiger partial charge in [0.2, 0.25) is 0 Å². The van der Waals surface area contributed by atoms with E-state index in [0.717, 1.165) is 17.8 Å². The first-order valence-electron chi connectivity index (χ1n) is 7.30. The van der Waals surface area contributed by atoms with Gasteiger partial charge in [0.05, 0.1) is 11.3 Å². The molecule has 1 aromatic carbocycles. The fourth-order valence-corrected chi connectivity index (χ4v) is 2.25. The van der Waals surface area contributed by atoms with Crippen LogP contribution in [-0.2, 0) is 0 Å². The second kappa shape index (κ2) is 8.15.